The van der Waals surface area contributed by atoms with E-state index in [1.807, 2.05) is 0 Å². The molecule has 0 radical (unpaired) electrons. The van der Waals surface area contributed by atoms with Gasteiger partial charge in [-0.2, -0.15) is 26.3 Å². The van der Waals surface area contributed by atoms with Crippen LogP contribution in [0, 0.1) is 0 Å². The molecule has 1 aromatic rings. The maximum atomic E-state index is 13.7. The smallest absolute Gasteiger partial charge is 0.430 e. The third kappa shape index (κ3) is 4.65. The van der Waals surface area contributed by atoms with Crippen LogP contribution in [0.5, 0.6) is 0 Å². The van der Waals surface area contributed by atoms with E-state index in [1.165, 1.54) is 23.5 Å². The molecule has 146 valence electrons. The molecule has 2 atom stereocenters. The lowest BCUT2D eigenvalue weighted by Crippen LogP contribution is -2.59. The van der Waals surface area contributed by atoms with Crippen LogP contribution in [0.3, 0.4) is 0 Å². The SMILES string of the molecule is COC(=O)[C@@H](CC(F)(F)F)NC(=O)[C@](OC)(c1ccccc1)C(F)(F)F. The van der Waals surface area contributed by atoms with Gasteiger partial charge >= 0.3 is 18.3 Å². The molecule has 0 aliphatic heterocycles. The molecule has 1 amide bonds. The van der Waals surface area contributed by atoms with E-state index in [0.717, 1.165) is 19.2 Å². The van der Waals surface area contributed by atoms with E-state index < -0.39 is 47.9 Å². The largest absolute Gasteiger partial charge is 0.467 e. The molecule has 0 saturated heterocycles. The van der Waals surface area contributed by atoms with Crippen LogP contribution >= 0.6 is 0 Å². The predicted octanol–water partition coefficient (Wildman–Crippen LogP) is 2.70. The van der Waals surface area contributed by atoms with Crippen molar-refractivity contribution in [1.82, 2.24) is 5.32 Å². The number of alkyl halides is 6. The van der Waals surface area contributed by atoms with Crippen molar-refractivity contribution < 1.29 is 45.4 Å². The Morgan fingerprint density at radius 1 is 1.04 bits per heavy atom. The van der Waals surface area contributed by atoms with Crippen molar-refractivity contribution in [1.29, 1.82) is 0 Å². The van der Waals surface area contributed by atoms with Crippen LogP contribution in [-0.2, 0) is 24.7 Å². The number of methoxy groups -OCH3 is 2. The second-order valence-corrected chi connectivity index (χ2v) is 5.12. The maximum absolute atomic E-state index is 13.7. The second-order valence-electron chi connectivity index (χ2n) is 5.12. The van der Waals surface area contributed by atoms with Gasteiger partial charge in [0.2, 0.25) is 0 Å². The van der Waals surface area contributed by atoms with Crippen molar-refractivity contribution in [3.05, 3.63) is 35.9 Å². The lowest BCUT2D eigenvalue weighted by molar-refractivity contribution is -0.266. The number of benzene rings is 1. The molecule has 0 aliphatic rings. The van der Waals surface area contributed by atoms with Gasteiger partial charge in [0.25, 0.3) is 11.5 Å². The van der Waals surface area contributed by atoms with Crippen molar-refractivity contribution in [2.75, 3.05) is 14.2 Å². The van der Waals surface area contributed by atoms with Crippen molar-refractivity contribution in [3.63, 3.8) is 0 Å². The summed E-state index contributed by atoms with van der Waals surface area (Å²) in [5, 5.41) is 1.44. The quantitative estimate of drug-likeness (QED) is 0.602. The molecule has 1 rings (SSSR count). The first-order chi connectivity index (χ1) is 11.9. The average molecular weight is 387 g/mol. The van der Waals surface area contributed by atoms with Gasteiger partial charge in [-0.1, -0.05) is 30.3 Å². The standard InChI is InChI=1S/C15H15F6NO4/c1-25-11(23)10(8-13(16,17)18)22-12(24)14(26-2,15(19,20)21)9-6-4-3-5-7-9/h3-7,10H,8H2,1-2H3,(H,22,24)/t10-,14-/m1/s1. The van der Waals surface area contributed by atoms with Gasteiger partial charge in [0.15, 0.2) is 0 Å². The highest BCUT2D eigenvalue weighted by Crippen LogP contribution is 2.42. The zero-order valence-electron chi connectivity index (χ0n) is 13.6. The minimum Gasteiger partial charge on any atom is -0.467 e. The predicted molar refractivity (Wildman–Crippen MR) is 75.8 cm³/mol. The Balaban J connectivity index is 3.34. The topological polar surface area (TPSA) is 64.6 Å². The third-order valence-electron chi connectivity index (χ3n) is 3.43. The zero-order valence-corrected chi connectivity index (χ0v) is 13.6. The molecular weight excluding hydrogens is 372 g/mol. The Morgan fingerprint density at radius 2 is 1.58 bits per heavy atom. The minimum atomic E-state index is -5.33. The fourth-order valence-electron chi connectivity index (χ4n) is 2.25. The summed E-state index contributed by atoms with van der Waals surface area (Å²) in [4.78, 5) is 23.8. The van der Waals surface area contributed by atoms with E-state index in [4.69, 9.17) is 0 Å². The lowest BCUT2D eigenvalue weighted by Gasteiger charge is -2.34. The van der Waals surface area contributed by atoms with Gasteiger partial charge in [0, 0.05) is 12.7 Å². The Labute approximate surface area is 144 Å². The summed E-state index contributed by atoms with van der Waals surface area (Å²) in [5.74, 6) is -3.52. The number of carbonyl (C=O) groups is 2. The number of halogens is 6. The Morgan fingerprint density at radius 3 is 1.96 bits per heavy atom. The normalized spacial score (nSPS) is 15.7. The average Bonchev–Trinajstić information content (AvgIpc) is 2.53. The number of carbonyl (C=O) groups excluding carboxylic acids is 2. The molecule has 26 heavy (non-hydrogen) atoms. The van der Waals surface area contributed by atoms with Crippen LogP contribution < -0.4 is 5.32 Å². The highest BCUT2D eigenvalue weighted by molar-refractivity contribution is 5.91. The molecule has 5 nitrogen and oxygen atoms in total. The summed E-state index contributed by atoms with van der Waals surface area (Å²) in [5.41, 5.74) is -4.27. The van der Waals surface area contributed by atoms with Gasteiger partial charge in [0.05, 0.1) is 13.5 Å². The molecule has 11 heteroatoms. The Hall–Kier alpha value is -2.30. The number of hydrogen-bond acceptors (Lipinski definition) is 4. The number of rotatable bonds is 6. The highest BCUT2D eigenvalue weighted by Gasteiger charge is 2.63. The first kappa shape index (κ1) is 21.7. The van der Waals surface area contributed by atoms with Gasteiger partial charge in [-0.05, 0) is 0 Å². The van der Waals surface area contributed by atoms with Gasteiger partial charge in [0.1, 0.15) is 6.04 Å². The van der Waals surface area contributed by atoms with Crippen LogP contribution in [0.4, 0.5) is 26.3 Å². The number of hydrogen-bond donors (Lipinski definition) is 1. The number of esters is 1. The van der Waals surface area contributed by atoms with E-state index in [0.29, 0.717) is 7.11 Å². The molecule has 1 N–H and O–H groups in total. The molecule has 0 aliphatic carbocycles. The van der Waals surface area contributed by atoms with Crippen molar-refractivity contribution in [2.45, 2.75) is 30.4 Å². The summed E-state index contributed by atoms with van der Waals surface area (Å²) in [6.45, 7) is 0. The van der Waals surface area contributed by atoms with E-state index in [-0.39, 0.29) is 0 Å². The molecule has 1 aromatic carbocycles. The van der Waals surface area contributed by atoms with Gasteiger partial charge < -0.3 is 14.8 Å². The minimum absolute atomic E-state index is 0.580. The van der Waals surface area contributed by atoms with Gasteiger partial charge in [-0.25, -0.2) is 4.79 Å². The molecule has 0 spiro atoms. The molecule has 0 heterocycles. The van der Waals surface area contributed by atoms with Crippen LogP contribution in [0.25, 0.3) is 0 Å². The van der Waals surface area contributed by atoms with E-state index in [2.05, 4.69) is 9.47 Å². The molecular formula is C15H15F6NO4. The Kier molecular flexibility index (Phi) is 6.64. The maximum Gasteiger partial charge on any atom is 0.430 e. The molecule has 0 fully saturated rings. The summed E-state index contributed by atoms with van der Waals surface area (Å²) < 4.78 is 87.2. The van der Waals surface area contributed by atoms with Crippen molar-refractivity contribution in [2.24, 2.45) is 0 Å². The molecule has 0 unspecified atom stereocenters. The number of amides is 1. The van der Waals surface area contributed by atoms with E-state index in [1.54, 1.807) is 0 Å². The molecule has 0 aromatic heterocycles. The molecule has 0 saturated carbocycles. The fourth-order valence-corrected chi connectivity index (χ4v) is 2.25. The van der Waals surface area contributed by atoms with E-state index >= 15 is 0 Å². The van der Waals surface area contributed by atoms with Crippen LogP contribution in [0.2, 0.25) is 0 Å². The van der Waals surface area contributed by atoms with Gasteiger partial charge in [-0.15, -0.1) is 0 Å². The van der Waals surface area contributed by atoms with Crippen molar-refractivity contribution in [3.8, 4) is 0 Å². The first-order valence-corrected chi connectivity index (χ1v) is 7.02. The van der Waals surface area contributed by atoms with Crippen molar-refractivity contribution >= 4 is 11.9 Å². The fraction of sp³-hybridized carbons (Fsp3) is 0.467. The summed E-state index contributed by atoms with van der Waals surface area (Å²) in [6, 6.07) is 3.23. The van der Waals surface area contributed by atoms with Gasteiger partial charge in [-0.3, -0.25) is 4.79 Å². The second kappa shape index (κ2) is 7.94. The summed E-state index contributed by atoms with van der Waals surface area (Å²) in [6.07, 6.45) is -12.2. The summed E-state index contributed by atoms with van der Waals surface area (Å²) in [7, 11) is 1.32. The monoisotopic (exact) mass is 387 g/mol. The number of ether oxygens (including phenoxy) is 2. The van der Waals surface area contributed by atoms with Crippen LogP contribution in [-0.4, -0.2) is 44.5 Å². The van der Waals surface area contributed by atoms with Crippen LogP contribution in [0.1, 0.15) is 12.0 Å². The lowest BCUT2D eigenvalue weighted by atomic mass is 9.91. The molecule has 0 bridgehead atoms. The summed E-state index contributed by atoms with van der Waals surface area (Å²) >= 11 is 0. The van der Waals surface area contributed by atoms with Crippen LogP contribution in [0.15, 0.2) is 30.3 Å². The highest BCUT2D eigenvalue weighted by atomic mass is 19.4. The zero-order chi connectivity index (χ0) is 20.2. The Bertz CT molecular complexity index is 631. The number of nitrogens with one attached hydrogen (secondary N) is 1. The first-order valence-electron chi connectivity index (χ1n) is 7.02. The third-order valence-corrected chi connectivity index (χ3v) is 3.43. The van der Waals surface area contributed by atoms with E-state index in [9.17, 15) is 35.9 Å².